The molecule has 2 N–H and O–H groups in total. The molecule has 0 saturated heterocycles. The monoisotopic (exact) mass is 208 g/mol. The van der Waals surface area contributed by atoms with Gasteiger partial charge in [0, 0.05) is 13.5 Å². The van der Waals surface area contributed by atoms with E-state index in [4.69, 9.17) is 5.73 Å². The number of rotatable bonds is 3. The fraction of sp³-hybridized carbons (Fsp3) is 0.818. The van der Waals surface area contributed by atoms with E-state index in [-0.39, 0.29) is 0 Å². The van der Waals surface area contributed by atoms with E-state index in [9.17, 15) is 0 Å². The maximum Gasteiger partial charge on any atom is 0.138 e. The molecule has 1 fully saturated rings. The highest BCUT2D eigenvalue weighted by Crippen LogP contribution is 2.31. The van der Waals surface area contributed by atoms with Gasteiger partial charge in [-0.05, 0) is 31.2 Å². The van der Waals surface area contributed by atoms with Crippen LogP contribution in [0.2, 0.25) is 0 Å². The van der Waals surface area contributed by atoms with Crippen LogP contribution in [-0.2, 0) is 13.5 Å². The minimum absolute atomic E-state index is 0.690. The molecule has 0 aliphatic heterocycles. The van der Waals surface area contributed by atoms with Crippen LogP contribution in [0, 0.1) is 11.8 Å². The second-order valence-corrected chi connectivity index (χ2v) is 4.54. The van der Waals surface area contributed by atoms with Crippen molar-refractivity contribution in [3.05, 3.63) is 12.2 Å². The molecule has 4 heteroatoms. The Morgan fingerprint density at radius 2 is 2.13 bits per heavy atom. The molecule has 0 radical (unpaired) electrons. The Labute approximate surface area is 90.9 Å². The molecule has 0 spiro atoms. The lowest BCUT2D eigenvalue weighted by Gasteiger charge is -2.30. The molecule has 4 nitrogen and oxygen atoms in total. The van der Waals surface area contributed by atoms with E-state index < -0.39 is 0 Å². The minimum atomic E-state index is 0.690. The fourth-order valence-electron chi connectivity index (χ4n) is 2.60. The number of nitrogens with two attached hydrogens (primary N) is 1. The van der Waals surface area contributed by atoms with Crippen LogP contribution in [0.25, 0.3) is 0 Å². The van der Waals surface area contributed by atoms with E-state index in [0.717, 1.165) is 18.8 Å². The molecule has 15 heavy (non-hydrogen) atoms. The van der Waals surface area contributed by atoms with Crippen LogP contribution in [0.1, 0.15) is 31.5 Å². The summed E-state index contributed by atoms with van der Waals surface area (Å²) >= 11 is 0. The van der Waals surface area contributed by atoms with Crippen LogP contribution in [0.5, 0.6) is 0 Å². The van der Waals surface area contributed by atoms with Crippen molar-refractivity contribution in [2.24, 2.45) is 24.6 Å². The molecular weight excluding hydrogens is 188 g/mol. The van der Waals surface area contributed by atoms with E-state index in [0.29, 0.717) is 11.8 Å². The second kappa shape index (κ2) is 4.75. The Morgan fingerprint density at radius 3 is 2.73 bits per heavy atom. The van der Waals surface area contributed by atoms with Crippen LogP contribution < -0.4 is 5.73 Å². The van der Waals surface area contributed by atoms with E-state index >= 15 is 0 Å². The van der Waals surface area contributed by atoms with Crippen LogP contribution in [0.15, 0.2) is 6.33 Å². The predicted molar refractivity (Wildman–Crippen MR) is 59.2 cm³/mol. The van der Waals surface area contributed by atoms with Crippen molar-refractivity contribution in [1.82, 2.24) is 14.8 Å². The first kappa shape index (κ1) is 10.6. The fourth-order valence-corrected chi connectivity index (χ4v) is 2.60. The molecule has 0 bridgehead atoms. The molecule has 1 aliphatic rings. The van der Waals surface area contributed by atoms with Crippen molar-refractivity contribution in [1.29, 1.82) is 0 Å². The molecule has 0 amide bonds. The summed E-state index contributed by atoms with van der Waals surface area (Å²) in [5, 5.41) is 4.11. The maximum atomic E-state index is 5.82. The zero-order valence-electron chi connectivity index (χ0n) is 9.39. The molecule has 1 heterocycles. The van der Waals surface area contributed by atoms with Crippen molar-refractivity contribution in [2.75, 3.05) is 6.54 Å². The topological polar surface area (TPSA) is 56.7 Å². The first-order chi connectivity index (χ1) is 7.31. The molecule has 2 atom stereocenters. The van der Waals surface area contributed by atoms with Gasteiger partial charge in [-0.1, -0.05) is 12.8 Å². The van der Waals surface area contributed by atoms with E-state index in [1.807, 2.05) is 11.7 Å². The zero-order chi connectivity index (χ0) is 10.7. The van der Waals surface area contributed by atoms with Gasteiger partial charge in [0.15, 0.2) is 0 Å². The van der Waals surface area contributed by atoms with Gasteiger partial charge in [-0.25, -0.2) is 4.98 Å². The van der Waals surface area contributed by atoms with Crippen molar-refractivity contribution in [3.8, 4) is 0 Å². The average Bonchev–Trinajstić information content (AvgIpc) is 2.65. The van der Waals surface area contributed by atoms with Gasteiger partial charge in [-0.15, -0.1) is 0 Å². The summed E-state index contributed by atoms with van der Waals surface area (Å²) in [7, 11) is 1.96. The maximum absolute atomic E-state index is 5.82. The minimum Gasteiger partial charge on any atom is -0.330 e. The lowest BCUT2D eigenvalue weighted by Crippen LogP contribution is -2.28. The molecule has 2 rings (SSSR count). The third-order valence-corrected chi connectivity index (χ3v) is 3.62. The highest BCUT2D eigenvalue weighted by atomic mass is 15.3. The number of aryl methyl sites for hydroxylation is 1. The summed E-state index contributed by atoms with van der Waals surface area (Å²) in [4.78, 5) is 4.29. The summed E-state index contributed by atoms with van der Waals surface area (Å²) in [6.07, 6.45) is 7.96. The highest BCUT2D eigenvalue weighted by Gasteiger charge is 2.25. The third kappa shape index (κ3) is 2.37. The Hall–Kier alpha value is -0.900. The second-order valence-electron chi connectivity index (χ2n) is 4.54. The Bertz CT molecular complexity index is 307. The SMILES string of the molecule is Cn1ncnc1CC1CCCCC1CN. The Balaban J connectivity index is 2.00. The predicted octanol–water partition coefficient (Wildman–Crippen LogP) is 1.12. The van der Waals surface area contributed by atoms with Crippen molar-refractivity contribution >= 4 is 0 Å². The van der Waals surface area contributed by atoms with Crippen molar-refractivity contribution < 1.29 is 0 Å². The standard InChI is InChI=1S/C11H20N4/c1-15-11(13-8-14-15)6-9-4-2-3-5-10(9)7-12/h8-10H,2-7,12H2,1H3. The number of nitrogens with zero attached hydrogens (tertiary/aromatic N) is 3. The first-order valence-corrected chi connectivity index (χ1v) is 5.84. The molecule has 84 valence electrons. The number of hydrogen-bond donors (Lipinski definition) is 1. The Kier molecular flexibility index (Phi) is 3.36. The van der Waals surface area contributed by atoms with Gasteiger partial charge >= 0.3 is 0 Å². The van der Waals surface area contributed by atoms with Gasteiger partial charge in [-0.2, -0.15) is 5.10 Å². The van der Waals surface area contributed by atoms with Gasteiger partial charge in [-0.3, -0.25) is 4.68 Å². The first-order valence-electron chi connectivity index (χ1n) is 5.84. The van der Waals surface area contributed by atoms with Gasteiger partial charge in [0.25, 0.3) is 0 Å². The number of aromatic nitrogens is 3. The van der Waals surface area contributed by atoms with E-state index in [1.54, 1.807) is 6.33 Å². The van der Waals surface area contributed by atoms with Crippen molar-refractivity contribution in [3.63, 3.8) is 0 Å². The third-order valence-electron chi connectivity index (χ3n) is 3.62. The quantitative estimate of drug-likeness (QED) is 0.810. The molecule has 1 aromatic heterocycles. The molecule has 1 aliphatic carbocycles. The lowest BCUT2D eigenvalue weighted by molar-refractivity contribution is 0.237. The highest BCUT2D eigenvalue weighted by molar-refractivity contribution is 4.90. The number of hydrogen-bond acceptors (Lipinski definition) is 3. The molecule has 1 saturated carbocycles. The lowest BCUT2D eigenvalue weighted by atomic mass is 9.77. The summed E-state index contributed by atoms with van der Waals surface area (Å²) in [5.41, 5.74) is 5.82. The zero-order valence-corrected chi connectivity index (χ0v) is 9.39. The van der Waals surface area contributed by atoms with Crippen LogP contribution in [0.3, 0.4) is 0 Å². The smallest absolute Gasteiger partial charge is 0.138 e. The summed E-state index contributed by atoms with van der Waals surface area (Å²) in [6.45, 7) is 0.822. The van der Waals surface area contributed by atoms with Gasteiger partial charge < -0.3 is 5.73 Å². The summed E-state index contributed by atoms with van der Waals surface area (Å²) in [5.74, 6) is 2.50. The summed E-state index contributed by atoms with van der Waals surface area (Å²) < 4.78 is 1.88. The summed E-state index contributed by atoms with van der Waals surface area (Å²) in [6, 6.07) is 0. The van der Waals surface area contributed by atoms with Gasteiger partial charge in [0.05, 0.1) is 0 Å². The molecule has 1 aromatic rings. The largest absolute Gasteiger partial charge is 0.330 e. The van der Waals surface area contributed by atoms with Gasteiger partial charge in [0.2, 0.25) is 0 Å². The molecule has 0 aromatic carbocycles. The van der Waals surface area contributed by atoms with Crippen LogP contribution in [0.4, 0.5) is 0 Å². The molecule has 2 unspecified atom stereocenters. The van der Waals surface area contributed by atoms with Crippen LogP contribution in [-0.4, -0.2) is 21.3 Å². The van der Waals surface area contributed by atoms with Crippen LogP contribution >= 0.6 is 0 Å². The Morgan fingerprint density at radius 1 is 1.40 bits per heavy atom. The van der Waals surface area contributed by atoms with E-state index in [1.165, 1.54) is 25.7 Å². The van der Waals surface area contributed by atoms with Gasteiger partial charge in [0.1, 0.15) is 12.2 Å². The van der Waals surface area contributed by atoms with Crippen molar-refractivity contribution in [2.45, 2.75) is 32.1 Å². The average molecular weight is 208 g/mol. The normalized spacial score (nSPS) is 26.8. The molecular formula is C11H20N4. The van der Waals surface area contributed by atoms with E-state index in [2.05, 4.69) is 10.1 Å².